The van der Waals surface area contributed by atoms with E-state index in [2.05, 4.69) is 0 Å². The normalized spacial score (nSPS) is 8.89. The van der Waals surface area contributed by atoms with Crippen molar-refractivity contribution in [3.63, 3.8) is 0 Å². The molecule has 4 heteroatoms. The molecule has 0 aliphatic rings. The second-order valence-electron chi connectivity index (χ2n) is 1.40. The van der Waals surface area contributed by atoms with E-state index in [9.17, 15) is 4.79 Å². The van der Waals surface area contributed by atoms with Crippen LogP contribution in [0.1, 0.15) is 13.8 Å². The molecular formula is C5H12AlFO2. The first-order valence-electron chi connectivity index (χ1n) is 2.01. The number of rotatable bonds is 1. The standard InChI is InChI=1S/C5H8O2.Al.FH.3H/c1-4(6)3-5(2)7;;;;;/h3,6H,1-2H3;;1H;;;/b4-3-;;;;;. The van der Waals surface area contributed by atoms with E-state index in [1.54, 1.807) is 0 Å². The van der Waals surface area contributed by atoms with Gasteiger partial charge < -0.3 is 5.11 Å². The molecule has 0 amide bonds. The highest BCUT2D eigenvalue weighted by Crippen LogP contribution is 1.82. The lowest BCUT2D eigenvalue weighted by Gasteiger charge is -1.80. The van der Waals surface area contributed by atoms with Crippen LogP contribution in [0.4, 0.5) is 4.70 Å². The Kier molecular flexibility index (Phi) is 13.5. The molecule has 0 bridgehead atoms. The molecule has 0 unspecified atom stereocenters. The Morgan fingerprint density at radius 1 is 1.44 bits per heavy atom. The van der Waals surface area contributed by atoms with Crippen LogP contribution in [0.25, 0.3) is 0 Å². The number of aliphatic hydroxyl groups is 1. The van der Waals surface area contributed by atoms with E-state index in [0.29, 0.717) is 0 Å². The Balaban J connectivity index is -0.000000180. The number of hydrogen-bond acceptors (Lipinski definition) is 2. The zero-order valence-corrected chi connectivity index (χ0v) is 4.84. The topological polar surface area (TPSA) is 37.3 Å². The molecule has 1 N–H and O–H groups in total. The fourth-order valence-corrected chi connectivity index (χ4v) is 0.294. The van der Waals surface area contributed by atoms with Crippen molar-refractivity contribution in [2.45, 2.75) is 13.8 Å². The molecule has 0 aromatic rings. The molecular weight excluding hydrogens is 138 g/mol. The summed E-state index contributed by atoms with van der Waals surface area (Å²) in [7, 11) is 0. The van der Waals surface area contributed by atoms with Gasteiger partial charge in [-0.25, -0.2) is 0 Å². The lowest BCUT2D eigenvalue weighted by molar-refractivity contribution is -0.112. The number of allylic oxidation sites excluding steroid dienone is 2. The van der Waals surface area contributed by atoms with Gasteiger partial charge in [-0.15, -0.1) is 0 Å². The first-order chi connectivity index (χ1) is 3.13. The van der Waals surface area contributed by atoms with Gasteiger partial charge in [0.1, 0.15) is 0 Å². The highest BCUT2D eigenvalue weighted by atomic mass is 27.0. The van der Waals surface area contributed by atoms with Gasteiger partial charge in [-0.2, -0.15) is 0 Å². The smallest absolute Gasteiger partial charge is 0.187 e. The molecule has 0 saturated heterocycles. The van der Waals surface area contributed by atoms with Crippen molar-refractivity contribution in [2.75, 3.05) is 0 Å². The molecule has 0 radical (unpaired) electrons. The first kappa shape index (κ1) is 15.9. The van der Waals surface area contributed by atoms with Crippen LogP contribution in [0.5, 0.6) is 0 Å². The van der Waals surface area contributed by atoms with Crippen molar-refractivity contribution < 1.29 is 14.6 Å². The molecule has 0 aliphatic carbocycles. The third-order valence-electron chi connectivity index (χ3n) is 0.412. The summed E-state index contributed by atoms with van der Waals surface area (Å²) < 4.78 is 0. The second kappa shape index (κ2) is 7.67. The third kappa shape index (κ3) is 18.3. The summed E-state index contributed by atoms with van der Waals surface area (Å²) in [6, 6.07) is 0. The predicted molar refractivity (Wildman–Crippen MR) is 39.5 cm³/mol. The second-order valence-corrected chi connectivity index (χ2v) is 1.40. The quantitative estimate of drug-likeness (QED) is 0.324. The van der Waals surface area contributed by atoms with Crippen LogP contribution >= 0.6 is 0 Å². The van der Waals surface area contributed by atoms with Crippen LogP contribution in [0, 0.1) is 0 Å². The number of ketones is 1. The maximum atomic E-state index is 10.0. The minimum Gasteiger partial charge on any atom is -0.512 e. The van der Waals surface area contributed by atoms with Crippen LogP contribution in [0.2, 0.25) is 0 Å². The summed E-state index contributed by atoms with van der Waals surface area (Å²) in [5.74, 6) is -0.0625. The molecule has 2 nitrogen and oxygen atoms in total. The Labute approximate surface area is 64.1 Å². The summed E-state index contributed by atoms with van der Waals surface area (Å²) in [4.78, 5) is 10.0. The largest absolute Gasteiger partial charge is 0.512 e. The van der Waals surface area contributed by atoms with Crippen molar-refractivity contribution in [2.24, 2.45) is 0 Å². The van der Waals surface area contributed by atoms with E-state index in [-0.39, 0.29) is 33.6 Å². The van der Waals surface area contributed by atoms with E-state index >= 15 is 0 Å². The lowest BCUT2D eigenvalue weighted by atomic mass is 10.4. The van der Waals surface area contributed by atoms with Gasteiger partial charge in [-0.05, 0) is 13.8 Å². The van der Waals surface area contributed by atoms with Crippen molar-refractivity contribution >= 4 is 23.1 Å². The molecule has 9 heavy (non-hydrogen) atoms. The molecule has 0 saturated carbocycles. The summed E-state index contributed by atoms with van der Waals surface area (Å²) in [5, 5.41) is 8.36. The fraction of sp³-hybridized carbons (Fsp3) is 0.400. The van der Waals surface area contributed by atoms with Gasteiger partial charge in [0.2, 0.25) is 0 Å². The van der Waals surface area contributed by atoms with Crippen LogP contribution in [0.15, 0.2) is 11.8 Å². The Morgan fingerprint density at radius 2 is 1.78 bits per heavy atom. The van der Waals surface area contributed by atoms with Gasteiger partial charge in [0, 0.05) is 6.08 Å². The molecule has 0 aliphatic heterocycles. The maximum Gasteiger partial charge on any atom is 0.187 e. The molecule has 54 valence electrons. The highest BCUT2D eigenvalue weighted by molar-refractivity contribution is 5.87. The molecule has 0 aromatic heterocycles. The van der Waals surface area contributed by atoms with E-state index in [1.165, 1.54) is 19.9 Å². The Bertz CT molecular complexity index is 108. The van der Waals surface area contributed by atoms with Gasteiger partial charge in [-0.1, -0.05) is 0 Å². The Morgan fingerprint density at radius 3 is 1.78 bits per heavy atom. The van der Waals surface area contributed by atoms with Gasteiger partial charge in [0.05, 0.1) is 5.76 Å². The van der Waals surface area contributed by atoms with Crippen molar-refractivity contribution in [3.05, 3.63) is 11.8 Å². The van der Waals surface area contributed by atoms with Crippen LogP contribution < -0.4 is 0 Å². The van der Waals surface area contributed by atoms with Crippen molar-refractivity contribution in [1.29, 1.82) is 0 Å². The van der Waals surface area contributed by atoms with Crippen LogP contribution in [-0.4, -0.2) is 28.3 Å². The van der Waals surface area contributed by atoms with Crippen LogP contribution in [-0.2, 0) is 4.79 Å². The SMILES string of the molecule is CC(=O)/C=C(/C)O.F.[AlH3]. The van der Waals surface area contributed by atoms with Crippen molar-refractivity contribution in [3.8, 4) is 0 Å². The third-order valence-corrected chi connectivity index (χ3v) is 0.412. The first-order valence-corrected chi connectivity index (χ1v) is 2.01. The molecule has 0 atom stereocenters. The van der Waals surface area contributed by atoms with E-state index in [0.717, 1.165) is 0 Å². The van der Waals surface area contributed by atoms with Crippen LogP contribution in [0.3, 0.4) is 0 Å². The lowest BCUT2D eigenvalue weighted by Crippen LogP contribution is -1.82. The minimum absolute atomic E-state index is 0. The summed E-state index contributed by atoms with van der Waals surface area (Å²) in [6.45, 7) is 2.85. The number of carbonyl (C=O) groups is 1. The summed E-state index contributed by atoms with van der Waals surface area (Å²) in [6.07, 6.45) is 1.17. The minimum atomic E-state index is -0.125. The monoisotopic (exact) mass is 150 g/mol. The average Bonchev–Trinajstić information content (AvgIpc) is 1.27. The molecule has 0 aromatic carbocycles. The molecule has 0 rings (SSSR count). The Hall–Kier alpha value is -0.328. The summed E-state index contributed by atoms with van der Waals surface area (Å²) >= 11 is 0. The zero-order valence-electron chi connectivity index (χ0n) is 4.84. The van der Waals surface area contributed by atoms with Gasteiger partial charge in [0.15, 0.2) is 23.1 Å². The van der Waals surface area contributed by atoms with E-state index in [1.807, 2.05) is 0 Å². The van der Waals surface area contributed by atoms with Gasteiger partial charge in [-0.3, -0.25) is 9.50 Å². The molecule has 0 heterocycles. The van der Waals surface area contributed by atoms with Crippen molar-refractivity contribution in [1.82, 2.24) is 0 Å². The van der Waals surface area contributed by atoms with E-state index < -0.39 is 0 Å². The number of hydrogen-bond donors (Lipinski definition) is 1. The number of aliphatic hydroxyl groups excluding tert-OH is 1. The summed E-state index contributed by atoms with van der Waals surface area (Å²) in [5.41, 5.74) is 0. The van der Waals surface area contributed by atoms with Gasteiger partial charge >= 0.3 is 0 Å². The number of halogens is 1. The molecule has 0 fully saturated rings. The zero-order chi connectivity index (χ0) is 5.86. The highest BCUT2D eigenvalue weighted by Gasteiger charge is 1.82. The predicted octanol–water partition coefficient (Wildman–Crippen LogP) is 0.00580. The maximum absolute atomic E-state index is 10.0. The van der Waals surface area contributed by atoms with Gasteiger partial charge in [0.25, 0.3) is 0 Å². The average molecular weight is 150 g/mol. The number of carbonyl (C=O) groups excluding carboxylic acids is 1. The molecule has 0 spiro atoms. The van der Waals surface area contributed by atoms with E-state index in [4.69, 9.17) is 5.11 Å². The fourth-order valence-electron chi connectivity index (χ4n) is 0.294.